The van der Waals surface area contributed by atoms with Gasteiger partial charge in [-0.1, -0.05) is 56.9 Å². The maximum atomic E-state index is 14.3. The summed E-state index contributed by atoms with van der Waals surface area (Å²) in [5.41, 5.74) is 4.25. The number of rotatable bonds is 10. The average molecular weight is 650 g/mol. The van der Waals surface area contributed by atoms with Crippen molar-refractivity contribution in [2.45, 2.75) is 109 Å². The number of ether oxygens (including phenoxy) is 1. The van der Waals surface area contributed by atoms with Crippen molar-refractivity contribution in [2.75, 3.05) is 6.54 Å². The highest BCUT2D eigenvalue weighted by atomic mass is 35.5. The normalized spacial score (nSPS) is 22.8. The first-order valence-electron chi connectivity index (χ1n) is 15.3. The highest BCUT2D eigenvalue weighted by molar-refractivity contribution is 6.37. The van der Waals surface area contributed by atoms with Crippen molar-refractivity contribution in [3.8, 4) is 0 Å². The highest BCUT2D eigenvalue weighted by Gasteiger charge is 2.55. The highest BCUT2D eigenvalue weighted by Crippen LogP contribution is 2.40. The van der Waals surface area contributed by atoms with Gasteiger partial charge in [-0.05, 0) is 49.7 Å². The number of hydrogen-bond acceptors (Lipinski definition) is 8. The maximum Gasteiger partial charge on any atom is 0.408 e. The van der Waals surface area contributed by atoms with E-state index in [0.717, 1.165) is 25.7 Å². The van der Waals surface area contributed by atoms with Crippen LogP contribution in [0.4, 0.5) is 9.18 Å². The molecule has 1 saturated carbocycles. The van der Waals surface area contributed by atoms with Crippen LogP contribution < -0.4 is 16.4 Å². The molecule has 4 N–H and O–H groups in total. The Labute approximate surface area is 266 Å². The van der Waals surface area contributed by atoms with Crippen LogP contribution in [0.3, 0.4) is 0 Å². The van der Waals surface area contributed by atoms with E-state index in [1.165, 1.54) is 23.1 Å². The summed E-state index contributed by atoms with van der Waals surface area (Å²) in [6.07, 6.45) is 3.24. The van der Waals surface area contributed by atoms with Gasteiger partial charge in [0.15, 0.2) is 5.60 Å². The molecular weight excluding hydrogens is 609 g/mol. The molecule has 2 aliphatic heterocycles. The molecule has 246 valence electrons. The van der Waals surface area contributed by atoms with Crippen LogP contribution in [0.2, 0.25) is 5.02 Å². The molecule has 1 spiro atoms. The van der Waals surface area contributed by atoms with Gasteiger partial charge in [-0.3, -0.25) is 19.2 Å². The Morgan fingerprint density at radius 2 is 1.89 bits per heavy atom. The summed E-state index contributed by atoms with van der Waals surface area (Å²) < 4.78 is 19.4. The number of benzene rings is 1. The fourth-order valence-electron chi connectivity index (χ4n) is 6.08. The number of halogens is 2. The Morgan fingerprint density at radius 1 is 1.20 bits per heavy atom. The molecule has 1 aliphatic carbocycles. The molecule has 0 unspecified atom stereocenters. The van der Waals surface area contributed by atoms with Crippen LogP contribution in [0.1, 0.15) is 84.6 Å². The summed E-state index contributed by atoms with van der Waals surface area (Å²) in [6.45, 7) is 7.03. The Morgan fingerprint density at radius 3 is 2.49 bits per heavy atom. The second-order valence-electron chi connectivity index (χ2n) is 13.1. The van der Waals surface area contributed by atoms with Gasteiger partial charge in [-0.25, -0.2) is 9.18 Å². The molecule has 0 radical (unpaired) electrons. The van der Waals surface area contributed by atoms with E-state index in [1.54, 1.807) is 27.7 Å². The monoisotopic (exact) mass is 649 g/mol. The minimum atomic E-state index is -1.18. The van der Waals surface area contributed by atoms with E-state index < -0.39 is 64.6 Å². The lowest BCUT2D eigenvalue weighted by atomic mass is 9.85. The molecule has 14 heteroatoms. The fourth-order valence-corrected chi connectivity index (χ4v) is 6.26. The number of likely N-dealkylation sites (tertiary alicyclic amines) is 1. The van der Waals surface area contributed by atoms with Gasteiger partial charge >= 0.3 is 6.09 Å². The van der Waals surface area contributed by atoms with E-state index in [9.17, 15) is 28.4 Å². The van der Waals surface area contributed by atoms with Crippen LogP contribution in [-0.2, 0) is 28.8 Å². The van der Waals surface area contributed by atoms with E-state index >= 15 is 0 Å². The number of amides is 4. The Bertz CT molecular complexity index is 1380. The van der Waals surface area contributed by atoms with Crippen LogP contribution in [0.15, 0.2) is 23.4 Å². The van der Waals surface area contributed by atoms with Gasteiger partial charge in [0.1, 0.15) is 24.0 Å². The number of oxime groups is 1. The molecule has 12 nitrogen and oxygen atoms in total. The number of nitrogens with zero attached hydrogens (tertiary/aromatic N) is 2. The fraction of sp³-hybridized carbons (Fsp3) is 0.613. The molecule has 1 aromatic rings. The van der Waals surface area contributed by atoms with E-state index in [4.69, 9.17) is 26.9 Å². The Hall–Kier alpha value is -3.74. The first kappa shape index (κ1) is 34.1. The lowest BCUT2D eigenvalue weighted by Gasteiger charge is -2.35. The summed E-state index contributed by atoms with van der Waals surface area (Å²) in [5.74, 6) is -3.97. The number of carbonyl (C=O) groups excluding carboxylic acids is 5. The van der Waals surface area contributed by atoms with Crippen molar-refractivity contribution < 1.29 is 37.9 Å². The first-order valence-corrected chi connectivity index (χ1v) is 15.6. The number of ketones is 1. The van der Waals surface area contributed by atoms with Gasteiger partial charge in [-0.2, -0.15) is 0 Å². The maximum absolute atomic E-state index is 14.3. The molecule has 0 aromatic heterocycles. The van der Waals surface area contributed by atoms with Crippen molar-refractivity contribution in [2.24, 2.45) is 16.3 Å². The number of Topliss-reactive ketones (excluding diaryl/α,β-unsaturated/α-hetero) is 1. The second-order valence-corrected chi connectivity index (χ2v) is 13.5. The summed E-state index contributed by atoms with van der Waals surface area (Å²) in [4.78, 5) is 72.4. The number of hydrogen-bond donors (Lipinski definition) is 3. The first-order chi connectivity index (χ1) is 21.1. The van der Waals surface area contributed by atoms with Gasteiger partial charge in [-0.15, -0.1) is 0 Å². The van der Waals surface area contributed by atoms with E-state index in [2.05, 4.69) is 15.8 Å². The van der Waals surface area contributed by atoms with Gasteiger partial charge in [0.05, 0.1) is 23.3 Å². The lowest BCUT2D eigenvalue weighted by Crippen LogP contribution is -2.59. The van der Waals surface area contributed by atoms with Crippen molar-refractivity contribution in [1.29, 1.82) is 0 Å². The largest absolute Gasteiger partial charge is 0.446 e. The molecular formula is C31H41ClFN5O7. The third-order valence-electron chi connectivity index (χ3n) is 8.48. The molecule has 4 atom stereocenters. The zero-order chi connectivity index (χ0) is 33.1. The zero-order valence-corrected chi connectivity index (χ0v) is 26.7. The Balaban J connectivity index is 1.61. The summed E-state index contributed by atoms with van der Waals surface area (Å²) in [5, 5.41) is 9.43. The SMILES string of the molecule is CCC[C@H](NC(=O)[C@@H]1C[C@]2(CC(c3ccc(F)c(Cl)c3)=NO2)CN1C(=O)[C@@H](NC(=O)OC1CCCC1)C(C)(C)C)C(=O)C(N)=O. The van der Waals surface area contributed by atoms with E-state index in [-0.39, 0.29) is 36.9 Å². The van der Waals surface area contributed by atoms with Crippen LogP contribution >= 0.6 is 11.6 Å². The molecule has 0 bridgehead atoms. The Kier molecular flexibility index (Phi) is 10.4. The van der Waals surface area contributed by atoms with Crippen LogP contribution in [0, 0.1) is 11.2 Å². The predicted octanol–water partition coefficient (Wildman–Crippen LogP) is 3.37. The van der Waals surface area contributed by atoms with Crippen LogP contribution in [0.25, 0.3) is 0 Å². The molecule has 2 fully saturated rings. The summed E-state index contributed by atoms with van der Waals surface area (Å²) in [7, 11) is 0. The minimum absolute atomic E-state index is 0.0144. The smallest absolute Gasteiger partial charge is 0.408 e. The molecule has 45 heavy (non-hydrogen) atoms. The topological polar surface area (TPSA) is 169 Å². The standard InChI is InChI=1S/C31H41ClFN5O7/c1-5-8-21(24(39)26(34)40)35-27(41)23-15-31(14-22(37-45-31)17-11-12-20(33)19(32)13-17)16-38(23)28(42)25(30(2,3)4)36-29(43)44-18-9-6-7-10-18/h11-13,18,21,23,25H,5-10,14-16H2,1-4H3,(H2,34,40)(H,35,41)(H,36,43)/t21-,23-,25+,31+/m0/s1. The lowest BCUT2D eigenvalue weighted by molar-refractivity contribution is -0.143. The number of nitrogens with two attached hydrogens (primary N) is 1. The van der Waals surface area contributed by atoms with Crippen LogP contribution in [0.5, 0.6) is 0 Å². The van der Waals surface area contributed by atoms with Crippen LogP contribution in [-0.4, -0.2) is 76.6 Å². The summed E-state index contributed by atoms with van der Waals surface area (Å²) >= 11 is 5.99. The van der Waals surface area contributed by atoms with E-state index in [1.807, 2.05) is 0 Å². The second kappa shape index (κ2) is 13.7. The van der Waals surface area contributed by atoms with Gasteiger partial charge in [0.2, 0.25) is 17.6 Å². The van der Waals surface area contributed by atoms with Crippen molar-refractivity contribution in [1.82, 2.24) is 15.5 Å². The van der Waals surface area contributed by atoms with Gasteiger partial charge < -0.3 is 30.8 Å². The molecule has 4 rings (SSSR count). The van der Waals surface area contributed by atoms with E-state index in [0.29, 0.717) is 17.7 Å². The van der Waals surface area contributed by atoms with Crippen molar-refractivity contribution in [3.05, 3.63) is 34.6 Å². The van der Waals surface area contributed by atoms with Gasteiger partial charge in [0.25, 0.3) is 5.91 Å². The third-order valence-corrected chi connectivity index (χ3v) is 8.77. The molecule has 1 saturated heterocycles. The molecule has 4 amide bonds. The van der Waals surface area contributed by atoms with Crippen molar-refractivity contribution in [3.63, 3.8) is 0 Å². The quantitative estimate of drug-likeness (QED) is 0.326. The number of carbonyl (C=O) groups is 5. The number of primary amides is 1. The molecule has 1 aromatic carbocycles. The third kappa shape index (κ3) is 7.92. The average Bonchev–Trinajstić information content (AvgIpc) is 3.72. The summed E-state index contributed by atoms with van der Waals surface area (Å²) in [6, 6.07) is 0.712. The van der Waals surface area contributed by atoms with Crippen molar-refractivity contribution >= 4 is 46.9 Å². The zero-order valence-electron chi connectivity index (χ0n) is 26.0. The predicted molar refractivity (Wildman–Crippen MR) is 163 cm³/mol. The van der Waals surface area contributed by atoms with Gasteiger partial charge in [0, 0.05) is 18.4 Å². The number of alkyl carbamates (subject to hydrolysis) is 1. The minimum Gasteiger partial charge on any atom is -0.446 e. The molecule has 2 heterocycles. The number of nitrogens with one attached hydrogen (secondary N) is 2. The molecule has 3 aliphatic rings.